The van der Waals surface area contributed by atoms with Crippen LogP contribution in [0.1, 0.15) is 58.1 Å². The van der Waals surface area contributed by atoms with Gasteiger partial charge in [0.1, 0.15) is 0 Å². The van der Waals surface area contributed by atoms with E-state index in [1.54, 1.807) is 6.92 Å². The van der Waals surface area contributed by atoms with Crippen molar-refractivity contribution in [3.05, 3.63) is 28.8 Å². The molecule has 0 saturated heterocycles. The van der Waals surface area contributed by atoms with Crippen LogP contribution in [0.15, 0.2) is 18.2 Å². The van der Waals surface area contributed by atoms with Crippen molar-refractivity contribution in [2.24, 2.45) is 5.41 Å². The zero-order valence-corrected chi connectivity index (χ0v) is 13.7. The minimum absolute atomic E-state index is 0.491. The highest BCUT2D eigenvalue weighted by atomic mass is 35.5. The number of rotatable bonds is 3. The molecule has 1 fully saturated rings. The lowest BCUT2D eigenvalue weighted by Gasteiger charge is -2.39. The van der Waals surface area contributed by atoms with Gasteiger partial charge in [-0.3, -0.25) is 0 Å². The summed E-state index contributed by atoms with van der Waals surface area (Å²) in [6, 6.07) is 6.57. The van der Waals surface area contributed by atoms with Crippen molar-refractivity contribution < 1.29 is 5.11 Å². The Morgan fingerprint density at radius 3 is 2.40 bits per heavy atom. The number of benzene rings is 1. The minimum atomic E-state index is -0.516. The van der Waals surface area contributed by atoms with E-state index in [1.165, 1.54) is 25.7 Å². The van der Waals surface area contributed by atoms with Gasteiger partial charge in [-0.1, -0.05) is 31.5 Å². The van der Waals surface area contributed by atoms with E-state index in [0.29, 0.717) is 16.5 Å². The number of hydrogen-bond acceptors (Lipinski definition) is 2. The molecule has 0 aromatic heterocycles. The molecule has 1 unspecified atom stereocenters. The van der Waals surface area contributed by atoms with Crippen LogP contribution in [0.4, 0.5) is 5.69 Å². The van der Waals surface area contributed by atoms with Gasteiger partial charge in [-0.2, -0.15) is 0 Å². The van der Waals surface area contributed by atoms with Crippen molar-refractivity contribution in [3.63, 3.8) is 0 Å². The standard InChI is InChI=1S/C17H26ClNO/c1-12(20)15-6-5-14(11-16(15)18)19(4)13-7-9-17(2,3)10-8-13/h5-6,11-13,20H,7-10H2,1-4H3. The van der Waals surface area contributed by atoms with E-state index in [-0.39, 0.29) is 0 Å². The second-order valence-corrected chi connectivity index (χ2v) is 7.30. The quantitative estimate of drug-likeness (QED) is 0.866. The molecule has 1 aliphatic carbocycles. The van der Waals surface area contributed by atoms with E-state index < -0.39 is 6.10 Å². The third-order valence-electron chi connectivity index (χ3n) is 4.70. The van der Waals surface area contributed by atoms with Gasteiger partial charge >= 0.3 is 0 Å². The summed E-state index contributed by atoms with van der Waals surface area (Å²) in [6.07, 6.45) is 4.51. The van der Waals surface area contributed by atoms with Gasteiger partial charge in [0.25, 0.3) is 0 Å². The Hall–Kier alpha value is -0.730. The monoisotopic (exact) mass is 295 g/mol. The van der Waals surface area contributed by atoms with Crippen LogP contribution in [0.2, 0.25) is 5.02 Å². The molecule has 0 spiro atoms. The van der Waals surface area contributed by atoms with Gasteiger partial charge < -0.3 is 10.0 Å². The molecule has 1 atom stereocenters. The average molecular weight is 296 g/mol. The van der Waals surface area contributed by atoms with Gasteiger partial charge in [0.2, 0.25) is 0 Å². The summed E-state index contributed by atoms with van der Waals surface area (Å²) in [5.41, 5.74) is 2.43. The van der Waals surface area contributed by atoms with Crippen molar-refractivity contribution in [1.82, 2.24) is 0 Å². The van der Waals surface area contributed by atoms with Crippen molar-refractivity contribution in [3.8, 4) is 0 Å². The van der Waals surface area contributed by atoms with Crippen LogP contribution in [0, 0.1) is 5.41 Å². The molecule has 0 amide bonds. The third kappa shape index (κ3) is 3.48. The molecule has 112 valence electrons. The number of aliphatic hydroxyl groups excluding tert-OH is 1. The highest BCUT2D eigenvalue weighted by molar-refractivity contribution is 6.31. The van der Waals surface area contributed by atoms with Crippen LogP contribution in [0.5, 0.6) is 0 Å². The van der Waals surface area contributed by atoms with Crippen LogP contribution in [0.3, 0.4) is 0 Å². The second kappa shape index (κ2) is 5.95. The van der Waals surface area contributed by atoms with Gasteiger partial charge in [0.15, 0.2) is 0 Å². The number of aliphatic hydroxyl groups is 1. The molecule has 2 rings (SSSR count). The lowest BCUT2D eigenvalue weighted by Crippen LogP contribution is -2.37. The summed E-state index contributed by atoms with van der Waals surface area (Å²) in [7, 11) is 2.15. The summed E-state index contributed by atoms with van der Waals surface area (Å²) in [6.45, 7) is 6.46. The van der Waals surface area contributed by atoms with Crippen molar-refractivity contribution >= 4 is 17.3 Å². The number of halogens is 1. The average Bonchev–Trinajstić information content (AvgIpc) is 2.37. The van der Waals surface area contributed by atoms with Crippen molar-refractivity contribution in [1.29, 1.82) is 0 Å². The van der Waals surface area contributed by atoms with E-state index in [4.69, 9.17) is 11.6 Å². The molecule has 1 aromatic rings. The summed E-state index contributed by atoms with van der Waals surface area (Å²) in [5.74, 6) is 0. The molecule has 1 N–H and O–H groups in total. The van der Waals surface area contributed by atoms with E-state index in [2.05, 4.69) is 31.9 Å². The first kappa shape index (κ1) is 15.7. The first-order valence-corrected chi connectivity index (χ1v) is 7.88. The zero-order valence-electron chi connectivity index (χ0n) is 13.0. The van der Waals surface area contributed by atoms with Crippen molar-refractivity contribution in [2.45, 2.75) is 58.6 Å². The maximum Gasteiger partial charge on any atom is 0.0776 e. The number of nitrogens with zero attached hydrogens (tertiary/aromatic N) is 1. The van der Waals surface area contributed by atoms with Crippen LogP contribution >= 0.6 is 11.6 Å². The first-order chi connectivity index (χ1) is 9.30. The van der Waals surface area contributed by atoms with Crippen LogP contribution in [0.25, 0.3) is 0 Å². The lowest BCUT2D eigenvalue weighted by atomic mass is 9.75. The number of anilines is 1. The topological polar surface area (TPSA) is 23.5 Å². The molecular formula is C17H26ClNO. The molecule has 1 saturated carbocycles. The smallest absolute Gasteiger partial charge is 0.0776 e. The largest absolute Gasteiger partial charge is 0.389 e. The molecule has 1 aliphatic rings. The number of hydrogen-bond donors (Lipinski definition) is 1. The van der Waals surface area contributed by atoms with Gasteiger partial charge in [-0.15, -0.1) is 0 Å². The Labute approximate surface area is 127 Å². The Morgan fingerprint density at radius 1 is 1.30 bits per heavy atom. The Morgan fingerprint density at radius 2 is 1.90 bits per heavy atom. The van der Waals surface area contributed by atoms with E-state index in [0.717, 1.165) is 11.3 Å². The minimum Gasteiger partial charge on any atom is -0.389 e. The summed E-state index contributed by atoms with van der Waals surface area (Å²) in [4.78, 5) is 2.34. The Balaban J connectivity index is 2.10. The van der Waals surface area contributed by atoms with Gasteiger partial charge in [0, 0.05) is 23.8 Å². The SMILES string of the molecule is CC(O)c1ccc(N(C)C2CCC(C)(C)CC2)cc1Cl. The highest BCUT2D eigenvalue weighted by Gasteiger charge is 2.29. The summed E-state index contributed by atoms with van der Waals surface area (Å²) >= 11 is 6.27. The highest BCUT2D eigenvalue weighted by Crippen LogP contribution is 2.38. The summed E-state index contributed by atoms with van der Waals surface area (Å²) < 4.78 is 0. The molecule has 1 aromatic carbocycles. The van der Waals surface area contributed by atoms with Crippen LogP contribution in [-0.4, -0.2) is 18.2 Å². The lowest BCUT2D eigenvalue weighted by molar-refractivity contribution is 0.199. The molecule has 0 bridgehead atoms. The Bertz CT molecular complexity index is 460. The van der Waals surface area contributed by atoms with Gasteiger partial charge in [-0.25, -0.2) is 0 Å². The fraction of sp³-hybridized carbons (Fsp3) is 0.647. The maximum atomic E-state index is 9.64. The summed E-state index contributed by atoms with van der Waals surface area (Å²) in [5, 5.41) is 10.3. The van der Waals surface area contributed by atoms with E-state index in [1.807, 2.05) is 12.1 Å². The fourth-order valence-corrected chi connectivity index (χ4v) is 3.39. The first-order valence-electron chi connectivity index (χ1n) is 7.50. The zero-order chi connectivity index (χ0) is 14.9. The molecule has 2 nitrogen and oxygen atoms in total. The van der Waals surface area contributed by atoms with Crippen LogP contribution in [-0.2, 0) is 0 Å². The Kier molecular flexibility index (Phi) is 4.66. The fourth-order valence-electron chi connectivity index (χ4n) is 3.06. The van der Waals surface area contributed by atoms with Gasteiger partial charge in [-0.05, 0) is 55.7 Å². The molecule has 0 radical (unpaired) electrons. The third-order valence-corrected chi connectivity index (χ3v) is 5.03. The van der Waals surface area contributed by atoms with Gasteiger partial charge in [0.05, 0.1) is 6.10 Å². The molecule has 0 heterocycles. The molecule has 0 aliphatic heterocycles. The van der Waals surface area contributed by atoms with Crippen LogP contribution < -0.4 is 4.90 Å². The molecule has 20 heavy (non-hydrogen) atoms. The predicted octanol–water partition coefficient (Wildman–Crippen LogP) is 4.80. The van der Waals surface area contributed by atoms with E-state index in [9.17, 15) is 5.11 Å². The predicted molar refractivity (Wildman–Crippen MR) is 86.5 cm³/mol. The maximum absolute atomic E-state index is 9.64. The second-order valence-electron chi connectivity index (χ2n) is 6.89. The molecular weight excluding hydrogens is 270 g/mol. The normalized spacial score (nSPS) is 20.7. The van der Waals surface area contributed by atoms with Crippen molar-refractivity contribution in [2.75, 3.05) is 11.9 Å². The molecule has 3 heteroatoms. The van der Waals surface area contributed by atoms with E-state index >= 15 is 0 Å².